The zero-order valence-electron chi connectivity index (χ0n) is 27.2. The predicted octanol–water partition coefficient (Wildman–Crippen LogP) is 11.7. The smallest absolute Gasteiger partial charge is 0.165 e. The van der Waals surface area contributed by atoms with Crippen LogP contribution >= 0.6 is 11.3 Å². The van der Waals surface area contributed by atoms with Gasteiger partial charge in [-0.1, -0.05) is 140 Å². The third-order valence-electron chi connectivity index (χ3n) is 10.4. The summed E-state index contributed by atoms with van der Waals surface area (Å²) in [4.78, 5) is 15.1. The highest BCUT2D eigenvalue weighted by atomic mass is 32.1. The lowest BCUT2D eigenvalue weighted by atomic mass is 9.66. The summed E-state index contributed by atoms with van der Waals surface area (Å²) in [5, 5.41) is 2.37. The Morgan fingerprint density at radius 2 is 0.961 bits per heavy atom. The summed E-state index contributed by atoms with van der Waals surface area (Å²) in [6, 6.07) is 57.7. The SMILES string of the molecule is c1ccc(-c2nc(-c3ccccc3)nc(-c3cccc4c3sc3cc5c(cc34)C3(c4ccccc4O5)c4ccccc4-c4ccccc43)n2)cc1. The number of ether oxygens (including phenoxy) is 1. The van der Waals surface area contributed by atoms with E-state index in [2.05, 4.69) is 103 Å². The monoisotopic (exact) mass is 669 g/mol. The first-order chi connectivity index (χ1) is 25.3. The van der Waals surface area contributed by atoms with Crippen LogP contribution in [0, 0.1) is 0 Å². The molecule has 1 aliphatic heterocycles. The summed E-state index contributed by atoms with van der Waals surface area (Å²) in [6.07, 6.45) is 0. The number of hydrogen-bond donors (Lipinski definition) is 0. The van der Waals surface area contributed by atoms with Gasteiger partial charge in [0, 0.05) is 48.0 Å². The summed E-state index contributed by atoms with van der Waals surface area (Å²) in [5.41, 5.74) is 9.82. The quantitative estimate of drug-likeness (QED) is 0.188. The molecule has 0 fully saturated rings. The van der Waals surface area contributed by atoms with E-state index >= 15 is 0 Å². The van der Waals surface area contributed by atoms with Gasteiger partial charge >= 0.3 is 0 Å². The van der Waals surface area contributed by atoms with Crippen molar-refractivity contribution in [3.8, 4) is 56.8 Å². The van der Waals surface area contributed by atoms with Gasteiger partial charge in [-0.05, 0) is 46.5 Å². The molecule has 0 unspecified atom stereocenters. The van der Waals surface area contributed by atoms with Crippen molar-refractivity contribution < 1.29 is 4.74 Å². The Labute approximate surface area is 298 Å². The van der Waals surface area contributed by atoms with E-state index in [9.17, 15) is 0 Å². The molecule has 1 aliphatic carbocycles. The minimum Gasteiger partial charge on any atom is -0.457 e. The maximum absolute atomic E-state index is 6.82. The van der Waals surface area contributed by atoms with Gasteiger partial charge in [0.15, 0.2) is 17.5 Å². The van der Waals surface area contributed by atoms with Crippen molar-refractivity contribution in [1.29, 1.82) is 0 Å². The number of fused-ring (bicyclic) bond motifs is 12. The van der Waals surface area contributed by atoms with Gasteiger partial charge in [0.05, 0.1) is 5.41 Å². The molecule has 51 heavy (non-hydrogen) atoms. The van der Waals surface area contributed by atoms with E-state index in [-0.39, 0.29) is 0 Å². The molecule has 0 atom stereocenters. The first-order valence-corrected chi connectivity index (χ1v) is 17.9. The van der Waals surface area contributed by atoms with Crippen molar-refractivity contribution in [2.45, 2.75) is 5.41 Å². The van der Waals surface area contributed by atoms with Crippen LogP contribution in [-0.2, 0) is 5.41 Å². The first kappa shape index (κ1) is 28.4. The molecule has 0 amide bonds. The molecule has 0 radical (unpaired) electrons. The highest BCUT2D eigenvalue weighted by Crippen LogP contribution is 2.62. The fraction of sp³-hybridized carbons (Fsp3) is 0.0217. The Hall–Kier alpha value is -6.43. The maximum Gasteiger partial charge on any atom is 0.165 e. The molecule has 2 aromatic heterocycles. The van der Waals surface area contributed by atoms with Gasteiger partial charge in [0.2, 0.25) is 0 Å². The van der Waals surface area contributed by atoms with E-state index in [0.717, 1.165) is 43.2 Å². The van der Waals surface area contributed by atoms with E-state index in [1.54, 1.807) is 11.3 Å². The summed E-state index contributed by atoms with van der Waals surface area (Å²) in [6.45, 7) is 0. The first-order valence-electron chi connectivity index (χ1n) is 17.1. The van der Waals surface area contributed by atoms with Gasteiger partial charge in [-0.15, -0.1) is 11.3 Å². The Morgan fingerprint density at radius 1 is 0.412 bits per heavy atom. The van der Waals surface area contributed by atoms with Crippen LogP contribution in [0.15, 0.2) is 164 Å². The summed E-state index contributed by atoms with van der Waals surface area (Å²) >= 11 is 1.76. The average Bonchev–Trinajstić information content (AvgIpc) is 3.71. The number of aromatic nitrogens is 3. The maximum atomic E-state index is 6.82. The Bertz CT molecular complexity index is 2740. The van der Waals surface area contributed by atoms with Crippen molar-refractivity contribution in [2.24, 2.45) is 0 Å². The van der Waals surface area contributed by atoms with Gasteiger partial charge in [0.25, 0.3) is 0 Å². The van der Waals surface area contributed by atoms with Gasteiger partial charge in [-0.2, -0.15) is 0 Å². The fourth-order valence-corrected chi connectivity index (χ4v) is 9.47. The van der Waals surface area contributed by atoms with E-state index in [1.165, 1.54) is 38.6 Å². The Kier molecular flexibility index (Phi) is 6.01. The molecule has 238 valence electrons. The molecule has 0 bridgehead atoms. The highest BCUT2D eigenvalue weighted by molar-refractivity contribution is 7.26. The second-order valence-electron chi connectivity index (χ2n) is 13.1. The third-order valence-corrected chi connectivity index (χ3v) is 11.6. The van der Waals surface area contributed by atoms with Crippen LogP contribution in [0.2, 0.25) is 0 Å². The molecule has 9 aromatic rings. The average molecular weight is 670 g/mol. The van der Waals surface area contributed by atoms with Crippen molar-refractivity contribution in [3.63, 3.8) is 0 Å². The molecule has 5 heteroatoms. The molecule has 1 spiro atoms. The van der Waals surface area contributed by atoms with Crippen molar-refractivity contribution in [2.75, 3.05) is 0 Å². The highest BCUT2D eigenvalue weighted by Gasteiger charge is 2.51. The number of benzene rings is 7. The predicted molar refractivity (Wildman–Crippen MR) is 206 cm³/mol. The van der Waals surface area contributed by atoms with E-state index in [1.807, 2.05) is 60.7 Å². The standard InChI is InChI=1S/C46H27N3OS/c1-3-14-28(15-4-1)43-47-44(29-16-5-2-6-17-29)49-45(48-43)33-21-13-20-32-34-26-38-40(27-41(34)51-42(32)33)50-39-25-12-11-24-37(39)46(38)35-22-9-7-18-30(35)31-19-8-10-23-36(31)46/h1-27H. The third kappa shape index (κ3) is 4.04. The van der Waals surface area contributed by atoms with Gasteiger partial charge in [-0.25, -0.2) is 15.0 Å². The van der Waals surface area contributed by atoms with Crippen molar-refractivity contribution in [3.05, 3.63) is 186 Å². The normalized spacial score (nSPS) is 13.4. The molecule has 4 nitrogen and oxygen atoms in total. The van der Waals surface area contributed by atoms with Crippen LogP contribution in [0.3, 0.4) is 0 Å². The second kappa shape index (κ2) is 10.8. The van der Waals surface area contributed by atoms with Gasteiger partial charge in [-0.3, -0.25) is 0 Å². The number of para-hydroxylation sites is 1. The van der Waals surface area contributed by atoms with E-state index < -0.39 is 5.41 Å². The molecule has 0 N–H and O–H groups in total. The summed E-state index contributed by atoms with van der Waals surface area (Å²) in [5.74, 6) is 3.74. The fourth-order valence-electron chi connectivity index (χ4n) is 8.25. The number of nitrogens with zero attached hydrogens (tertiary/aromatic N) is 3. The Balaban J connectivity index is 1.18. The van der Waals surface area contributed by atoms with Crippen LogP contribution in [-0.4, -0.2) is 15.0 Å². The lowest BCUT2D eigenvalue weighted by Crippen LogP contribution is -2.32. The minimum atomic E-state index is -0.513. The number of thiophene rings is 1. The van der Waals surface area contributed by atoms with Crippen LogP contribution in [0.5, 0.6) is 11.5 Å². The molecule has 11 rings (SSSR count). The topological polar surface area (TPSA) is 47.9 Å². The Morgan fingerprint density at radius 3 is 1.63 bits per heavy atom. The molecule has 2 aliphatic rings. The summed E-state index contributed by atoms with van der Waals surface area (Å²) in [7, 11) is 0. The zero-order chi connectivity index (χ0) is 33.5. The second-order valence-corrected chi connectivity index (χ2v) is 14.2. The summed E-state index contributed by atoms with van der Waals surface area (Å²) < 4.78 is 9.11. The number of hydrogen-bond acceptors (Lipinski definition) is 5. The molecule has 0 saturated heterocycles. The molecule has 3 heterocycles. The van der Waals surface area contributed by atoms with Gasteiger partial charge in [0.1, 0.15) is 11.5 Å². The molecule has 7 aromatic carbocycles. The van der Waals surface area contributed by atoms with Crippen molar-refractivity contribution >= 4 is 31.5 Å². The van der Waals surface area contributed by atoms with Crippen LogP contribution in [0.25, 0.3) is 65.5 Å². The van der Waals surface area contributed by atoms with E-state index in [4.69, 9.17) is 19.7 Å². The van der Waals surface area contributed by atoms with Crippen LogP contribution < -0.4 is 4.74 Å². The lowest BCUT2D eigenvalue weighted by molar-refractivity contribution is 0.437. The van der Waals surface area contributed by atoms with Crippen molar-refractivity contribution in [1.82, 2.24) is 15.0 Å². The zero-order valence-corrected chi connectivity index (χ0v) is 28.1. The van der Waals surface area contributed by atoms with Gasteiger partial charge < -0.3 is 4.74 Å². The molecular weight excluding hydrogens is 643 g/mol. The minimum absolute atomic E-state index is 0.513. The van der Waals surface area contributed by atoms with Crippen LogP contribution in [0.4, 0.5) is 0 Å². The molecule has 0 saturated carbocycles. The lowest BCUT2D eigenvalue weighted by Gasteiger charge is -2.39. The van der Waals surface area contributed by atoms with Crippen LogP contribution in [0.1, 0.15) is 22.3 Å². The largest absolute Gasteiger partial charge is 0.457 e. The number of rotatable bonds is 3. The molecular formula is C46H27N3OS. The van der Waals surface area contributed by atoms with E-state index in [0.29, 0.717) is 17.5 Å².